The zero-order valence-corrected chi connectivity index (χ0v) is 17.2. The lowest BCUT2D eigenvalue weighted by atomic mass is 10.0. The van der Waals surface area contributed by atoms with Crippen molar-refractivity contribution in [3.8, 4) is 12.3 Å². The molecule has 0 spiro atoms. The zero-order chi connectivity index (χ0) is 21.4. The molecule has 154 valence electrons. The summed E-state index contributed by atoms with van der Waals surface area (Å²) in [6.45, 7) is 0.203. The Morgan fingerprint density at radius 3 is 2.57 bits per heavy atom. The molecule has 0 saturated carbocycles. The molecule has 1 aromatic carbocycles. The minimum atomic E-state index is -0.534. The monoisotopic (exact) mass is 423 g/mol. The van der Waals surface area contributed by atoms with E-state index in [1.165, 1.54) is 4.90 Å². The first kappa shape index (κ1) is 21.5. The van der Waals surface area contributed by atoms with Crippen LogP contribution in [-0.4, -0.2) is 33.9 Å². The number of nitrogens with one attached hydrogen (secondary N) is 1. The van der Waals surface area contributed by atoms with Crippen molar-refractivity contribution in [2.24, 2.45) is 10.2 Å². The number of hydrogen-bond acceptors (Lipinski definition) is 5. The molecule has 2 amide bonds. The Kier molecular flexibility index (Phi) is 7.15. The van der Waals surface area contributed by atoms with Gasteiger partial charge in [0, 0.05) is 55.3 Å². The SMILES string of the molecule is C#CCCC1(CCC(=O)N(CC(=O)Nc2ccc(Cl)cc2)Cc2cccnc2)N=N1. The van der Waals surface area contributed by atoms with Crippen LogP contribution in [-0.2, 0) is 16.1 Å². The summed E-state index contributed by atoms with van der Waals surface area (Å²) in [7, 11) is 0. The molecule has 1 aliphatic rings. The molecule has 3 rings (SSSR count). The molecular weight excluding hydrogens is 402 g/mol. The molecule has 2 heterocycles. The van der Waals surface area contributed by atoms with Crippen molar-refractivity contribution >= 4 is 29.1 Å². The molecule has 0 fully saturated rings. The van der Waals surface area contributed by atoms with Crippen LogP contribution in [0.4, 0.5) is 5.69 Å². The standard InChI is InChI=1S/C22H22ClN5O2/c1-2-3-11-22(26-27-22)12-10-21(30)28(15-17-5-4-13-24-14-17)16-20(29)25-19-8-6-18(23)7-9-19/h1,4-9,13-14H,3,10-12,15-16H2,(H,25,29). The molecule has 0 aliphatic carbocycles. The van der Waals surface area contributed by atoms with Crippen molar-refractivity contribution in [2.75, 3.05) is 11.9 Å². The molecule has 1 aromatic heterocycles. The maximum absolute atomic E-state index is 12.9. The number of nitrogens with zero attached hydrogens (tertiary/aromatic N) is 4. The maximum atomic E-state index is 12.9. The van der Waals surface area contributed by atoms with E-state index in [2.05, 4.69) is 26.4 Å². The molecule has 0 radical (unpaired) electrons. The highest BCUT2D eigenvalue weighted by atomic mass is 35.5. The molecule has 8 heteroatoms. The summed E-state index contributed by atoms with van der Waals surface area (Å²) in [6, 6.07) is 10.5. The minimum Gasteiger partial charge on any atom is -0.329 e. The third-order valence-electron chi connectivity index (χ3n) is 4.70. The van der Waals surface area contributed by atoms with Gasteiger partial charge >= 0.3 is 0 Å². The van der Waals surface area contributed by atoms with Gasteiger partial charge in [-0.1, -0.05) is 17.7 Å². The predicted octanol–water partition coefficient (Wildman–Crippen LogP) is 4.06. The predicted molar refractivity (Wildman–Crippen MR) is 115 cm³/mol. The van der Waals surface area contributed by atoms with Crippen LogP contribution in [0.3, 0.4) is 0 Å². The number of aromatic nitrogens is 1. The fourth-order valence-corrected chi connectivity index (χ4v) is 3.11. The number of halogens is 1. The van der Waals surface area contributed by atoms with E-state index in [0.29, 0.717) is 30.0 Å². The number of hydrogen-bond donors (Lipinski definition) is 1. The fraction of sp³-hybridized carbons (Fsp3) is 0.318. The van der Waals surface area contributed by atoms with Gasteiger partial charge in [0.25, 0.3) is 0 Å². The van der Waals surface area contributed by atoms with Crippen LogP contribution in [0.15, 0.2) is 59.0 Å². The van der Waals surface area contributed by atoms with Gasteiger partial charge in [0.1, 0.15) is 6.54 Å². The second kappa shape index (κ2) is 9.99. The summed E-state index contributed by atoms with van der Waals surface area (Å²) in [5.74, 6) is 2.13. The lowest BCUT2D eigenvalue weighted by molar-refractivity contribution is -0.135. The quantitative estimate of drug-likeness (QED) is 0.584. The van der Waals surface area contributed by atoms with E-state index in [1.54, 1.807) is 42.7 Å². The van der Waals surface area contributed by atoms with E-state index in [1.807, 2.05) is 6.07 Å². The van der Waals surface area contributed by atoms with Gasteiger partial charge in [-0.3, -0.25) is 14.6 Å². The highest BCUT2D eigenvalue weighted by Gasteiger charge is 2.39. The van der Waals surface area contributed by atoms with Gasteiger partial charge in [-0.2, -0.15) is 10.2 Å². The van der Waals surface area contributed by atoms with Crippen molar-refractivity contribution in [1.29, 1.82) is 0 Å². The number of carbonyl (C=O) groups is 2. The van der Waals surface area contributed by atoms with Crippen LogP contribution in [0.25, 0.3) is 0 Å². The van der Waals surface area contributed by atoms with Crippen LogP contribution >= 0.6 is 11.6 Å². The van der Waals surface area contributed by atoms with Crippen molar-refractivity contribution in [2.45, 2.75) is 37.9 Å². The third-order valence-corrected chi connectivity index (χ3v) is 4.96. The number of carbonyl (C=O) groups excluding carboxylic acids is 2. The van der Waals surface area contributed by atoms with Gasteiger partial charge in [-0.15, -0.1) is 12.3 Å². The summed E-state index contributed by atoms with van der Waals surface area (Å²) in [4.78, 5) is 31.1. The van der Waals surface area contributed by atoms with Crippen molar-refractivity contribution in [3.05, 3.63) is 59.4 Å². The fourth-order valence-electron chi connectivity index (χ4n) is 2.98. The molecule has 1 aliphatic heterocycles. The van der Waals surface area contributed by atoms with Crippen molar-refractivity contribution in [1.82, 2.24) is 9.88 Å². The molecule has 0 saturated heterocycles. The van der Waals surface area contributed by atoms with Gasteiger partial charge in [-0.05, 0) is 35.9 Å². The molecule has 0 bridgehead atoms. The van der Waals surface area contributed by atoms with E-state index in [0.717, 1.165) is 5.56 Å². The van der Waals surface area contributed by atoms with E-state index < -0.39 is 5.66 Å². The number of anilines is 1. The van der Waals surface area contributed by atoms with Crippen LogP contribution in [0.5, 0.6) is 0 Å². The topological polar surface area (TPSA) is 87.0 Å². The average molecular weight is 424 g/mol. The Morgan fingerprint density at radius 2 is 1.93 bits per heavy atom. The Balaban J connectivity index is 1.62. The van der Waals surface area contributed by atoms with E-state index >= 15 is 0 Å². The molecule has 30 heavy (non-hydrogen) atoms. The first-order valence-corrected chi connectivity index (χ1v) is 9.97. The van der Waals surface area contributed by atoms with E-state index in [9.17, 15) is 9.59 Å². The molecule has 2 aromatic rings. The maximum Gasteiger partial charge on any atom is 0.244 e. The van der Waals surface area contributed by atoms with Gasteiger partial charge in [0.2, 0.25) is 11.8 Å². The Bertz CT molecular complexity index is 948. The normalized spacial score (nSPS) is 13.3. The first-order valence-electron chi connectivity index (χ1n) is 9.59. The highest BCUT2D eigenvalue weighted by molar-refractivity contribution is 6.30. The summed E-state index contributed by atoms with van der Waals surface area (Å²) in [6.07, 6.45) is 10.6. The number of benzene rings is 1. The zero-order valence-electron chi connectivity index (χ0n) is 16.4. The van der Waals surface area contributed by atoms with Gasteiger partial charge in [0.15, 0.2) is 5.66 Å². The molecule has 0 atom stereocenters. The van der Waals surface area contributed by atoms with E-state index in [-0.39, 0.29) is 31.3 Å². The lowest BCUT2D eigenvalue weighted by Crippen LogP contribution is -2.38. The number of terminal acetylenes is 1. The van der Waals surface area contributed by atoms with Crippen molar-refractivity contribution < 1.29 is 9.59 Å². The van der Waals surface area contributed by atoms with Crippen LogP contribution in [0.1, 0.15) is 31.2 Å². The van der Waals surface area contributed by atoms with Gasteiger partial charge in [-0.25, -0.2) is 0 Å². The highest BCUT2D eigenvalue weighted by Crippen LogP contribution is 2.37. The summed E-state index contributed by atoms with van der Waals surface area (Å²) >= 11 is 5.88. The largest absolute Gasteiger partial charge is 0.329 e. The minimum absolute atomic E-state index is 0.0814. The second-order valence-electron chi connectivity index (χ2n) is 7.05. The van der Waals surface area contributed by atoms with Crippen molar-refractivity contribution in [3.63, 3.8) is 0 Å². The Hall–Kier alpha value is -3.24. The van der Waals surface area contributed by atoms with E-state index in [4.69, 9.17) is 18.0 Å². The summed E-state index contributed by atoms with van der Waals surface area (Å²) < 4.78 is 0. The first-order chi connectivity index (χ1) is 14.5. The molecule has 0 unspecified atom stereocenters. The number of pyridine rings is 1. The molecule has 1 N–H and O–H groups in total. The molecule has 7 nitrogen and oxygen atoms in total. The smallest absolute Gasteiger partial charge is 0.244 e. The lowest BCUT2D eigenvalue weighted by Gasteiger charge is -2.23. The molecular formula is C22H22ClN5O2. The number of rotatable bonds is 10. The Morgan fingerprint density at radius 1 is 1.17 bits per heavy atom. The van der Waals surface area contributed by atoms with Gasteiger partial charge < -0.3 is 10.2 Å². The van der Waals surface area contributed by atoms with Gasteiger partial charge in [0.05, 0.1) is 0 Å². The van der Waals surface area contributed by atoms with Crippen LogP contribution in [0, 0.1) is 12.3 Å². The van der Waals surface area contributed by atoms with Crippen LogP contribution in [0.2, 0.25) is 5.02 Å². The Labute approximate surface area is 180 Å². The summed E-state index contributed by atoms with van der Waals surface area (Å²) in [5.41, 5.74) is 0.920. The number of amides is 2. The second-order valence-corrected chi connectivity index (χ2v) is 7.49. The summed E-state index contributed by atoms with van der Waals surface area (Å²) in [5, 5.41) is 11.5. The third kappa shape index (κ3) is 6.39. The van der Waals surface area contributed by atoms with Crippen LogP contribution < -0.4 is 5.32 Å². The average Bonchev–Trinajstić information content (AvgIpc) is 3.53.